The molecule has 0 aliphatic heterocycles. The Kier molecular flexibility index (Phi) is 7.99. The van der Waals surface area contributed by atoms with Gasteiger partial charge in [0.15, 0.2) is 0 Å². The summed E-state index contributed by atoms with van der Waals surface area (Å²) >= 11 is 0. The standard InChI is InChI=1S/2C17H15.2C4H9.2CH3.H2Si.V/c2*1-2-13-11-15-9-6-10-16(17(15)12-13)14-7-4-3-5-8-14;2*1-3-4-2;;;;/h2*3-12H,2H2,1H3;2*1,3-4H2,2H3;2*1H3;1H2;. The third-order valence-electron chi connectivity index (χ3n) is 12.7. The molecule has 0 radical (unpaired) electrons. The summed E-state index contributed by atoms with van der Waals surface area (Å²) in [5.41, 5.74) is 21.0. The van der Waals surface area contributed by atoms with Crippen LogP contribution in [0.5, 0.6) is 0 Å². The first-order valence-electron chi connectivity index (χ1n) is 18.0. The minimum absolute atomic E-state index is 0.453. The Morgan fingerprint density at radius 1 is 0.522 bits per heavy atom. The van der Waals surface area contributed by atoms with E-state index in [4.69, 9.17) is 0 Å². The first-order valence-corrected chi connectivity index (χ1v) is 28.0. The molecule has 0 saturated heterocycles. The average molecular weight is 664 g/mol. The molecule has 2 unspecified atom stereocenters. The number of unbranched alkanes of at least 4 members (excludes halogenated alkanes) is 2. The minimum atomic E-state index is -4.71. The van der Waals surface area contributed by atoms with E-state index in [0.717, 1.165) is 12.8 Å². The molecule has 0 fully saturated rings. The molecule has 0 bridgehead atoms. The molecule has 2 aliphatic carbocycles. The van der Waals surface area contributed by atoms with Gasteiger partial charge >= 0.3 is 280 Å². The average Bonchev–Trinajstić information content (AvgIpc) is 3.69. The summed E-state index contributed by atoms with van der Waals surface area (Å²) < 4.78 is 0.907. The van der Waals surface area contributed by atoms with Crippen LogP contribution < -0.4 is 0 Å². The maximum atomic E-state index is 2.98. The predicted octanol–water partition coefficient (Wildman–Crippen LogP) is 13.3. The van der Waals surface area contributed by atoms with Crippen LogP contribution in [-0.4, -0.2) is 8.15 Å². The Morgan fingerprint density at radius 2 is 0.913 bits per heavy atom. The van der Waals surface area contributed by atoms with Gasteiger partial charge < -0.3 is 0 Å². The fourth-order valence-corrected chi connectivity index (χ4v) is 34.4. The van der Waals surface area contributed by atoms with Gasteiger partial charge in [-0.1, -0.05) is 0 Å². The van der Waals surface area contributed by atoms with E-state index in [1.54, 1.807) is 22.3 Å². The number of hydrogen-bond donors (Lipinski definition) is 0. The van der Waals surface area contributed by atoms with Crippen molar-refractivity contribution in [1.29, 1.82) is 0 Å². The van der Waals surface area contributed by atoms with E-state index in [0.29, 0.717) is 9.26 Å². The van der Waals surface area contributed by atoms with Gasteiger partial charge in [0, 0.05) is 0 Å². The molecule has 0 nitrogen and oxygen atoms in total. The van der Waals surface area contributed by atoms with Crippen molar-refractivity contribution in [3.8, 4) is 22.3 Å². The molecule has 241 valence electrons. The topological polar surface area (TPSA) is 0 Å². The summed E-state index contributed by atoms with van der Waals surface area (Å²) in [5.74, 6) is 0. The van der Waals surface area contributed by atoms with E-state index in [1.165, 1.54) is 69.3 Å². The van der Waals surface area contributed by atoms with Crippen molar-refractivity contribution in [2.24, 2.45) is 0 Å². The van der Waals surface area contributed by atoms with Gasteiger partial charge in [0.05, 0.1) is 0 Å². The van der Waals surface area contributed by atoms with Crippen LogP contribution >= 0.6 is 0 Å². The third-order valence-corrected chi connectivity index (χ3v) is 35.2. The summed E-state index contributed by atoms with van der Waals surface area (Å²) in [6.45, 7) is 9.70. The molecule has 46 heavy (non-hydrogen) atoms. The molecule has 0 aromatic heterocycles. The van der Waals surface area contributed by atoms with E-state index < -0.39 is 9.47 Å². The zero-order valence-corrected chi connectivity index (χ0v) is 32.2. The third kappa shape index (κ3) is 4.84. The fourth-order valence-electron chi connectivity index (χ4n) is 10.6. The molecule has 4 aromatic carbocycles. The zero-order chi connectivity index (χ0) is 32.7. The number of fused-ring (bicyclic) bond motifs is 2. The molecule has 2 heteroatoms. The van der Waals surface area contributed by atoms with Gasteiger partial charge in [0.2, 0.25) is 0 Å². The van der Waals surface area contributed by atoms with Crippen LogP contribution in [0.3, 0.4) is 0 Å². The zero-order valence-electron chi connectivity index (χ0n) is 29.4. The van der Waals surface area contributed by atoms with Crippen LogP contribution in [0.25, 0.3) is 34.4 Å². The van der Waals surface area contributed by atoms with E-state index in [-0.39, 0.29) is 0 Å². The van der Waals surface area contributed by atoms with Crippen molar-refractivity contribution in [3.05, 3.63) is 130 Å². The molecule has 6 rings (SSSR count). The van der Waals surface area contributed by atoms with Crippen molar-refractivity contribution in [3.63, 3.8) is 0 Å². The number of benzene rings is 4. The van der Waals surface area contributed by atoms with Gasteiger partial charge in [-0.3, -0.25) is 0 Å². The van der Waals surface area contributed by atoms with Crippen LogP contribution in [0.1, 0.15) is 97.7 Å². The first-order chi connectivity index (χ1) is 22.0. The monoisotopic (exact) mass is 663 g/mol. The van der Waals surface area contributed by atoms with Gasteiger partial charge in [-0.2, -0.15) is 0 Å². The summed E-state index contributed by atoms with van der Waals surface area (Å²) in [6.07, 6.45) is 12.6. The number of allylic oxidation sites excluding steroid dienone is 2. The molecule has 0 saturated carbocycles. The van der Waals surface area contributed by atoms with Gasteiger partial charge in [-0.25, -0.2) is 0 Å². The second-order valence-corrected chi connectivity index (χ2v) is 48.2. The molecule has 0 spiro atoms. The second kappa shape index (κ2) is 11.1. The van der Waals surface area contributed by atoms with Crippen molar-refractivity contribution < 1.29 is 9.47 Å². The fraction of sp³-hybridized carbons (Fsp3) is 0.364. The Bertz CT molecular complexity index is 1830. The van der Waals surface area contributed by atoms with Crippen molar-refractivity contribution in [2.75, 3.05) is 0 Å². The first kappa shape index (κ1) is 33.1. The summed E-state index contributed by atoms with van der Waals surface area (Å²) in [6, 6.07) is 36.8. The maximum absolute atomic E-state index is 4.71. The van der Waals surface area contributed by atoms with E-state index in [2.05, 4.69) is 156 Å². The van der Waals surface area contributed by atoms with Gasteiger partial charge in [-0.05, 0) is 0 Å². The Balaban J connectivity index is 1.73. The molecule has 0 heterocycles. The molecule has 0 N–H and O–H groups in total. The van der Waals surface area contributed by atoms with Crippen molar-refractivity contribution in [1.82, 2.24) is 0 Å². The number of hydrogen-bond acceptors (Lipinski definition) is 0. The summed E-state index contributed by atoms with van der Waals surface area (Å²) in [4.78, 5) is 0. The van der Waals surface area contributed by atoms with Crippen LogP contribution in [0.15, 0.2) is 108 Å². The van der Waals surface area contributed by atoms with Crippen molar-refractivity contribution >= 4 is 20.3 Å². The Labute approximate surface area is 278 Å². The second-order valence-electron chi connectivity index (χ2n) is 16.7. The van der Waals surface area contributed by atoms with E-state index in [1.807, 2.05) is 0 Å². The molecular weight excluding hydrogens is 608 g/mol. The van der Waals surface area contributed by atoms with E-state index >= 15 is 0 Å². The van der Waals surface area contributed by atoms with Crippen LogP contribution in [-0.2, 0) is 9.47 Å². The molecule has 0 amide bonds. The quantitative estimate of drug-likeness (QED) is 0.132. The van der Waals surface area contributed by atoms with Crippen LogP contribution in [0, 0.1) is 0 Å². The SMILES string of the molecule is CCC[CH2][V]([CH3])([CH3])(=[SiH2])([CH2]CCC)([CH]1C(CC)=Cc2c(-c3ccccc3)cccc21)[CH]1C(CC)=Cc2c(-c3ccccc3)cccc21. The van der Waals surface area contributed by atoms with Crippen LogP contribution in [0.4, 0.5) is 0 Å². The van der Waals surface area contributed by atoms with Gasteiger partial charge in [0.25, 0.3) is 0 Å². The predicted molar refractivity (Wildman–Crippen MR) is 205 cm³/mol. The van der Waals surface area contributed by atoms with Crippen molar-refractivity contribution in [2.45, 2.75) is 97.0 Å². The summed E-state index contributed by atoms with van der Waals surface area (Å²) in [5, 5.41) is 2.68. The molecule has 2 aliphatic rings. The van der Waals surface area contributed by atoms with Crippen LogP contribution in [0.2, 0.25) is 21.5 Å². The number of rotatable bonds is 12. The Hall–Kier alpha value is -2.84. The van der Waals surface area contributed by atoms with E-state index in [9.17, 15) is 0 Å². The molecule has 4 aromatic rings. The van der Waals surface area contributed by atoms with Gasteiger partial charge in [-0.15, -0.1) is 0 Å². The van der Waals surface area contributed by atoms with Gasteiger partial charge in [0.1, 0.15) is 0 Å². The molecular formula is C44H56SiV. The molecule has 2 atom stereocenters. The normalized spacial score (nSPS) is 19.7. The Morgan fingerprint density at radius 3 is 1.26 bits per heavy atom. The summed E-state index contributed by atoms with van der Waals surface area (Å²) in [7, 11) is -2.09.